The van der Waals surface area contributed by atoms with E-state index in [1.807, 2.05) is 35.0 Å². The summed E-state index contributed by atoms with van der Waals surface area (Å²) in [5.74, 6) is 2.14. The van der Waals surface area contributed by atoms with Gasteiger partial charge < -0.3 is 14.5 Å². The summed E-state index contributed by atoms with van der Waals surface area (Å²) < 4.78 is 5.41. The van der Waals surface area contributed by atoms with Crippen LogP contribution in [0.4, 0.5) is 0 Å². The van der Waals surface area contributed by atoms with Crippen LogP contribution in [-0.4, -0.2) is 65.1 Å². The van der Waals surface area contributed by atoms with Crippen molar-refractivity contribution >= 4 is 11.8 Å². The minimum absolute atomic E-state index is 0.0108. The van der Waals surface area contributed by atoms with Gasteiger partial charge in [-0.3, -0.25) is 14.7 Å². The minimum atomic E-state index is -0.0108. The topological polar surface area (TPSA) is 78.5 Å². The summed E-state index contributed by atoms with van der Waals surface area (Å²) in [6.07, 6.45) is 3.92. The molecule has 0 saturated carbocycles. The molecule has 2 aromatic rings. The van der Waals surface area contributed by atoms with E-state index in [2.05, 4.69) is 50.0 Å². The Hall–Kier alpha value is -2.83. The Balaban J connectivity index is 1.70. The van der Waals surface area contributed by atoms with Gasteiger partial charge in [0.2, 0.25) is 5.91 Å². The lowest BCUT2D eigenvalue weighted by Crippen LogP contribution is -2.48. The van der Waals surface area contributed by atoms with Crippen LogP contribution in [0.1, 0.15) is 68.7 Å². The summed E-state index contributed by atoms with van der Waals surface area (Å²) in [5, 5.41) is 7.28. The summed E-state index contributed by atoms with van der Waals surface area (Å²) in [7, 11) is 3.61. The van der Waals surface area contributed by atoms with Crippen molar-refractivity contribution in [2.45, 2.75) is 65.8 Å². The van der Waals surface area contributed by atoms with E-state index in [-0.39, 0.29) is 17.9 Å². The van der Waals surface area contributed by atoms with E-state index in [1.54, 1.807) is 7.11 Å². The van der Waals surface area contributed by atoms with Crippen LogP contribution >= 0.6 is 0 Å². The Labute approximate surface area is 210 Å². The number of ether oxygens (including phenoxy) is 1. The third kappa shape index (κ3) is 7.33. The summed E-state index contributed by atoms with van der Waals surface area (Å²) in [5.41, 5.74) is 2.66. The van der Waals surface area contributed by atoms with E-state index in [4.69, 9.17) is 4.74 Å². The third-order valence-corrected chi connectivity index (χ3v) is 6.90. The van der Waals surface area contributed by atoms with Crippen LogP contribution in [0.2, 0.25) is 0 Å². The second-order valence-electron chi connectivity index (χ2n) is 10.7. The zero-order valence-electron chi connectivity index (χ0n) is 22.2. The van der Waals surface area contributed by atoms with Crippen molar-refractivity contribution in [2.75, 3.05) is 27.2 Å². The molecule has 1 N–H and O–H groups in total. The van der Waals surface area contributed by atoms with Crippen LogP contribution in [0.25, 0.3) is 0 Å². The number of likely N-dealkylation sites (tertiary alicyclic amines) is 1. The maximum Gasteiger partial charge on any atom is 0.274 e. The SMILES string of the molecule is COc1cccc(C[C@@H](C2CCN(C(=O)c3cc(CC(C)C)[nH]n3)CC2)N(C)C(=O)CC(C)C)c1. The third-order valence-electron chi connectivity index (χ3n) is 6.90. The molecular formula is C28H42N4O3. The van der Waals surface area contributed by atoms with Crippen molar-refractivity contribution in [3.63, 3.8) is 0 Å². The molecule has 7 nitrogen and oxygen atoms in total. The molecule has 2 heterocycles. The van der Waals surface area contributed by atoms with Crippen LogP contribution < -0.4 is 4.74 Å². The number of likely N-dealkylation sites (N-methyl/N-ethyl adjacent to an activating group) is 1. The van der Waals surface area contributed by atoms with Crippen LogP contribution in [0.5, 0.6) is 5.75 Å². The van der Waals surface area contributed by atoms with Gasteiger partial charge in [0, 0.05) is 38.3 Å². The van der Waals surface area contributed by atoms with E-state index < -0.39 is 0 Å². The first kappa shape index (κ1) is 26.8. The smallest absolute Gasteiger partial charge is 0.274 e. The van der Waals surface area contributed by atoms with Crippen molar-refractivity contribution in [3.05, 3.63) is 47.3 Å². The maximum atomic E-state index is 13.1. The number of rotatable bonds is 10. The number of amides is 2. The Bertz CT molecular complexity index is 976. The summed E-state index contributed by atoms with van der Waals surface area (Å²) >= 11 is 0. The van der Waals surface area contributed by atoms with Crippen LogP contribution in [0.15, 0.2) is 30.3 Å². The van der Waals surface area contributed by atoms with Crippen molar-refractivity contribution in [3.8, 4) is 5.75 Å². The highest BCUT2D eigenvalue weighted by atomic mass is 16.5. The number of carbonyl (C=O) groups is 2. The van der Waals surface area contributed by atoms with E-state index in [1.165, 1.54) is 0 Å². The lowest BCUT2D eigenvalue weighted by molar-refractivity contribution is -0.134. The Morgan fingerprint density at radius 3 is 2.46 bits per heavy atom. The second kappa shape index (κ2) is 12.2. The van der Waals surface area contributed by atoms with E-state index in [9.17, 15) is 9.59 Å². The maximum absolute atomic E-state index is 13.1. The number of nitrogens with one attached hydrogen (secondary N) is 1. The molecule has 0 spiro atoms. The van der Waals surface area contributed by atoms with Gasteiger partial charge in [0.1, 0.15) is 11.4 Å². The quantitative estimate of drug-likeness (QED) is 0.537. The fourth-order valence-electron chi connectivity index (χ4n) is 5.00. The van der Waals surface area contributed by atoms with Gasteiger partial charge in [-0.05, 0) is 67.2 Å². The fraction of sp³-hybridized carbons (Fsp3) is 0.607. The highest BCUT2D eigenvalue weighted by molar-refractivity contribution is 5.92. The Morgan fingerprint density at radius 2 is 1.83 bits per heavy atom. The molecule has 0 aliphatic carbocycles. The Morgan fingerprint density at radius 1 is 1.11 bits per heavy atom. The molecular weight excluding hydrogens is 440 g/mol. The molecule has 1 aromatic heterocycles. The van der Waals surface area contributed by atoms with Gasteiger partial charge in [-0.25, -0.2) is 0 Å². The van der Waals surface area contributed by atoms with Gasteiger partial charge in [0.25, 0.3) is 5.91 Å². The van der Waals surface area contributed by atoms with Gasteiger partial charge in [0.05, 0.1) is 7.11 Å². The van der Waals surface area contributed by atoms with Gasteiger partial charge in [-0.1, -0.05) is 39.8 Å². The van der Waals surface area contributed by atoms with Crippen LogP contribution in [0.3, 0.4) is 0 Å². The standard InChI is InChI=1S/C28H42N4O3/c1-19(2)14-23-18-25(30-29-23)28(34)32-12-10-22(11-13-32)26(31(5)27(33)15-20(3)4)17-21-8-7-9-24(16-21)35-6/h7-9,16,18-20,22,26H,10-15,17H2,1-6H3,(H,29,30)/t26-/m0/s1. The Kier molecular flexibility index (Phi) is 9.35. The average molecular weight is 483 g/mol. The van der Waals surface area contributed by atoms with E-state index in [0.717, 1.165) is 42.7 Å². The number of methoxy groups -OCH3 is 1. The van der Waals surface area contributed by atoms with Crippen LogP contribution in [-0.2, 0) is 17.6 Å². The number of aromatic nitrogens is 2. The van der Waals surface area contributed by atoms with Gasteiger partial charge in [0.15, 0.2) is 0 Å². The average Bonchev–Trinajstić information content (AvgIpc) is 3.29. The van der Waals surface area contributed by atoms with Crippen LogP contribution in [0, 0.1) is 17.8 Å². The molecule has 3 rings (SSSR count). The van der Waals surface area contributed by atoms with Gasteiger partial charge in [-0.2, -0.15) is 5.10 Å². The molecule has 7 heteroatoms. The first-order valence-electron chi connectivity index (χ1n) is 12.9. The van der Waals surface area contributed by atoms with Gasteiger partial charge in [-0.15, -0.1) is 0 Å². The highest BCUT2D eigenvalue weighted by Crippen LogP contribution is 2.29. The lowest BCUT2D eigenvalue weighted by Gasteiger charge is -2.40. The van der Waals surface area contributed by atoms with Crippen molar-refractivity contribution in [2.24, 2.45) is 17.8 Å². The van der Waals surface area contributed by atoms with E-state index in [0.29, 0.717) is 43.0 Å². The number of H-pyrrole nitrogens is 1. The molecule has 192 valence electrons. The first-order valence-corrected chi connectivity index (χ1v) is 12.9. The first-order chi connectivity index (χ1) is 16.7. The number of carbonyl (C=O) groups excluding carboxylic acids is 2. The number of benzene rings is 1. The number of aromatic amines is 1. The summed E-state index contributed by atoms with van der Waals surface area (Å²) in [6.45, 7) is 9.81. The minimum Gasteiger partial charge on any atom is -0.497 e. The second-order valence-corrected chi connectivity index (χ2v) is 10.7. The zero-order valence-corrected chi connectivity index (χ0v) is 22.2. The number of nitrogens with zero attached hydrogens (tertiary/aromatic N) is 3. The summed E-state index contributed by atoms with van der Waals surface area (Å²) in [6, 6.07) is 10.1. The molecule has 1 aromatic carbocycles. The zero-order chi connectivity index (χ0) is 25.5. The molecule has 1 aliphatic heterocycles. The monoisotopic (exact) mass is 482 g/mol. The summed E-state index contributed by atoms with van der Waals surface area (Å²) in [4.78, 5) is 29.9. The largest absolute Gasteiger partial charge is 0.497 e. The molecule has 1 atom stereocenters. The van der Waals surface area contributed by atoms with Crippen molar-refractivity contribution < 1.29 is 14.3 Å². The number of hydrogen-bond donors (Lipinski definition) is 1. The normalized spacial score (nSPS) is 15.5. The molecule has 2 amide bonds. The molecule has 0 unspecified atom stereocenters. The molecule has 1 fully saturated rings. The van der Waals surface area contributed by atoms with Crippen molar-refractivity contribution in [1.29, 1.82) is 0 Å². The lowest BCUT2D eigenvalue weighted by atomic mass is 9.84. The predicted molar refractivity (Wildman–Crippen MR) is 138 cm³/mol. The molecule has 0 bridgehead atoms. The molecule has 1 saturated heterocycles. The van der Waals surface area contributed by atoms with E-state index >= 15 is 0 Å². The fourth-order valence-corrected chi connectivity index (χ4v) is 5.00. The number of piperidine rings is 1. The predicted octanol–water partition coefficient (Wildman–Crippen LogP) is 4.58. The molecule has 35 heavy (non-hydrogen) atoms. The molecule has 1 aliphatic rings. The highest BCUT2D eigenvalue weighted by Gasteiger charge is 2.33. The molecule has 0 radical (unpaired) electrons. The van der Waals surface area contributed by atoms with Crippen molar-refractivity contribution in [1.82, 2.24) is 20.0 Å². The number of hydrogen-bond acceptors (Lipinski definition) is 4. The van der Waals surface area contributed by atoms with Gasteiger partial charge >= 0.3 is 0 Å².